The zero-order chi connectivity index (χ0) is 17.3. The van der Waals surface area contributed by atoms with E-state index in [4.69, 9.17) is 0 Å². The number of nitrogens with one attached hydrogen (secondary N) is 1. The third kappa shape index (κ3) is 4.62. The molecule has 0 aromatic heterocycles. The second kappa shape index (κ2) is 6.11. The third-order valence-electron chi connectivity index (χ3n) is 2.97. The van der Waals surface area contributed by atoms with Gasteiger partial charge < -0.3 is 4.74 Å². The second-order valence-corrected chi connectivity index (χ2v) is 6.60. The van der Waals surface area contributed by atoms with Crippen LogP contribution in [0.5, 0.6) is 5.75 Å². The number of alkyl halides is 3. The molecular weight excluding hydrogens is 331 g/mol. The van der Waals surface area contributed by atoms with Crippen molar-refractivity contribution in [3.8, 4) is 5.75 Å². The van der Waals surface area contributed by atoms with Gasteiger partial charge in [0, 0.05) is 5.69 Å². The van der Waals surface area contributed by atoms with Crippen LogP contribution < -0.4 is 9.46 Å². The largest absolute Gasteiger partial charge is 0.573 e. The SMILES string of the molecule is Cc1ccc(C)c(S(=O)(=O)Nc2ccc(OC(F)(F)F)cc2)c1. The van der Waals surface area contributed by atoms with Crippen molar-refractivity contribution in [2.45, 2.75) is 25.1 Å². The fourth-order valence-electron chi connectivity index (χ4n) is 1.93. The van der Waals surface area contributed by atoms with Gasteiger partial charge in [-0.3, -0.25) is 4.72 Å². The predicted molar refractivity (Wildman–Crippen MR) is 79.8 cm³/mol. The Balaban J connectivity index is 2.22. The molecule has 1 N–H and O–H groups in total. The van der Waals surface area contributed by atoms with Crippen LogP contribution in [0.2, 0.25) is 0 Å². The molecule has 0 aliphatic carbocycles. The normalized spacial score (nSPS) is 12.0. The van der Waals surface area contributed by atoms with E-state index >= 15 is 0 Å². The lowest BCUT2D eigenvalue weighted by molar-refractivity contribution is -0.274. The first-order valence-electron chi connectivity index (χ1n) is 6.53. The molecule has 2 rings (SSSR count). The minimum absolute atomic E-state index is 0.119. The average molecular weight is 345 g/mol. The maximum atomic E-state index is 12.4. The summed E-state index contributed by atoms with van der Waals surface area (Å²) in [6.07, 6.45) is -4.79. The summed E-state index contributed by atoms with van der Waals surface area (Å²) in [6.45, 7) is 3.43. The Labute approximate surface area is 132 Å². The molecule has 2 aromatic carbocycles. The lowest BCUT2D eigenvalue weighted by Crippen LogP contribution is -2.17. The number of hydrogen-bond acceptors (Lipinski definition) is 3. The Kier molecular flexibility index (Phi) is 4.56. The molecule has 0 saturated carbocycles. The molecular formula is C15H14F3NO3S. The van der Waals surface area contributed by atoms with E-state index in [0.29, 0.717) is 5.56 Å². The molecule has 0 radical (unpaired) electrons. The Hall–Kier alpha value is -2.22. The van der Waals surface area contributed by atoms with Crippen LogP contribution in [0.15, 0.2) is 47.4 Å². The van der Waals surface area contributed by atoms with Gasteiger partial charge in [0.25, 0.3) is 10.0 Å². The van der Waals surface area contributed by atoms with Crippen molar-refractivity contribution in [3.05, 3.63) is 53.6 Å². The van der Waals surface area contributed by atoms with E-state index in [1.54, 1.807) is 26.0 Å². The fraction of sp³-hybridized carbons (Fsp3) is 0.200. The highest BCUT2D eigenvalue weighted by molar-refractivity contribution is 7.92. The Morgan fingerprint density at radius 3 is 2.17 bits per heavy atom. The quantitative estimate of drug-likeness (QED) is 0.911. The van der Waals surface area contributed by atoms with Crippen molar-refractivity contribution in [1.82, 2.24) is 0 Å². The summed E-state index contributed by atoms with van der Waals surface area (Å²) in [5.41, 5.74) is 1.49. The highest BCUT2D eigenvalue weighted by atomic mass is 32.2. The van der Waals surface area contributed by atoms with Crippen LogP contribution in [-0.4, -0.2) is 14.8 Å². The Morgan fingerprint density at radius 1 is 1.00 bits per heavy atom. The average Bonchev–Trinajstić information content (AvgIpc) is 2.42. The summed E-state index contributed by atoms with van der Waals surface area (Å²) >= 11 is 0. The highest BCUT2D eigenvalue weighted by Gasteiger charge is 2.31. The molecule has 0 spiro atoms. The molecule has 0 aliphatic rings. The molecule has 0 heterocycles. The number of anilines is 1. The summed E-state index contributed by atoms with van der Waals surface area (Å²) in [6, 6.07) is 9.47. The highest BCUT2D eigenvalue weighted by Crippen LogP contribution is 2.25. The summed E-state index contributed by atoms with van der Waals surface area (Å²) in [4.78, 5) is 0.119. The van der Waals surface area contributed by atoms with Gasteiger partial charge in [0.2, 0.25) is 0 Å². The third-order valence-corrected chi connectivity index (χ3v) is 4.50. The molecule has 4 nitrogen and oxygen atoms in total. The molecule has 0 saturated heterocycles. The molecule has 0 unspecified atom stereocenters. The van der Waals surface area contributed by atoms with E-state index in [0.717, 1.165) is 17.7 Å². The van der Waals surface area contributed by atoms with Crippen molar-refractivity contribution >= 4 is 15.7 Å². The number of sulfonamides is 1. The smallest absolute Gasteiger partial charge is 0.406 e. The van der Waals surface area contributed by atoms with Gasteiger partial charge >= 0.3 is 6.36 Å². The van der Waals surface area contributed by atoms with Gasteiger partial charge in [-0.05, 0) is 55.3 Å². The van der Waals surface area contributed by atoms with Crippen LogP contribution in [-0.2, 0) is 10.0 Å². The monoisotopic (exact) mass is 345 g/mol. The molecule has 0 bridgehead atoms. The van der Waals surface area contributed by atoms with Crippen molar-refractivity contribution in [1.29, 1.82) is 0 Å². The number of hydrogen-bond donors (Lipinski definition) is 1. The lowest BCUT2D eigenvalue weighted by Gasteiger charge is -2.12. The molecule has 124 valence electrons. The first kappa shape index (κ1) is 17.1. The maximum Gasteiger partial charge on any atom is 0.573 e. The van der Waals surface area contributed by atoms with Crippen LogP contribution in [0.4, 0.5) is 18.9 Å². The van der Waals surface area contributed by atoms with Crippen LogP contribution in [0.25, 0.3) is 0 Å². The van der Waals surface area contributed by atoms with Crippen LogP contribution in [0.1, 0.15) is 11.1 Å². The van der Waals surface area contributed by atoms with Crippen LogP contribution in [0.3, 0.4) is 0 Å². The molecule has 0 amide bonds. The number of rotatable bonds is 4. The number of benzene rings is 2. The molecule has 0 aliphatic heterocycles. The molecule has 8 heteroatoms. The van der Waals surface area contributed by atoms with Crippen LogP contribution >= 0.6 is 0 Å². The zero-order valence-electron chi connectivity index (χ0n) is 12.3. The van der Waals surface area contributed by atoms with Crippen molar-refractivity contribution in [2.24, 2.45) is 0 Å². The van der Waals surface area contributed by atoms with Crippen molar-refractivity contribution in [2.75, 3.05) is 4.72 Å². The maximum absolute atomic E-state index is 12.4. The van der Waals surface area contributed by atoms with Crippen molar-refractivity contribution < 1.29 is 26.3 Å². The van der Waals surface area contributed by atoms with E-state index in [1.165, 1.54) is 18.2 Å². The number of aryl methyl sites for hydroxylation is 2. The van der Waals surface area contributed by atoms with Gasteiger partial charge in [0.15, 0.2) is 0 Å². The van der Waals surface area contributed by atoms with Gasteiger partial charge in [-0.2, -0.15) is 0 Å². The van der Waals surface area contributed by atoms with Gasteiger partial charge in [0.05, 0.1) is 4.90 Å². The molecule has 2 aromatic rings. The predicted octanol–water partition coefficient (Wildman–Crippen LogP) is 4.00. The topological polar surface area (TPSA) is 55.4 Å². The van der Waals surface area contributed by atoms with Gasteiger partial charge in [0.1, 0.15) is 5.75 Å². The minimum Gasteiger partial charge on any atom is -0.406 e. The lowest BCUT2D eigenvalue weighted by atomic mass is 10.2. The number of halogens is 3. The van der Waals surface area contributed by atoms with E-state index in [9.17, 15) is 21.6 Å². The zero-order valence-corrected chi connectivity index (χ0v) is 13.1. The summed E-state index contributed by atoms with van der Waals surface area (Å²) < 4.78 is 67.0. The van der Waals surface area contributed by atoms with Gasteiger partial charge in [-0.15, -0.1) is 13.2 Å². The van der Waals surface area contributed by atoms with E-state index in [2.05, 4.69) is 9.46 Å². The molecule has 0 atom stereocenters. The van der Waals surface area contributed by atoms with Crippen molar-refractivity contribution in [3.63, 3.8) is 0 Å². The first-order chi connectivity index (χ1) is 10.6. The molecule has 23 heavy (non-hydrogen) atoms. The summed E-state index contributed by atoms with van der Waals surface area (Å²) in [7, 11) is -3.83. The van der Waals surface area contributed by atoms with Crippen LogP contribution in [0, 0.1) is 13.8 Å². The summed E-state index contributed by atoms with van der Waals surface area (Å²) in [5, 5.41) is 0. The van der Waals surface area contributed by atoms with E-state index < -0.39 is 22.1 Å². The van der Waals surface area contributed by atoms with E-state index in [-0.39, 0.29) is 10.6 Å². The van der Waals surface area contributed by atoms with E-state index in [1.807, 2.05) is 0 Å². The molecule has 0 fully saturated rings. The van der Waals surface area contributed by atoms with Gasteiger partial charge in [-0.1, -0.05) is 12.1 Å². The number of ether oxygens (including phenoxy) is 1. The van der Waals surface area contributed by atoms with Gasteiger partial charge in [-0.25, -0.2) is 8.42 Å². The Bertz CT molecular complexity index is 800. The summed E-state index contributed by atoms with van der Waals surface area (Å²) in [5.74, 6) is -0.424. The second-order valence-electron chi connectivity index (χ2n) is 4.95. The minimum atomic E-state index is -4.79. The first-order valence-corrected chi connectivity index (χ1v) is 8.01. The Morgan fingerprint density at radius 2 is 1.61 bits per heavy atom. The fourth-order valence-corrected chi connectivity index (χ4v) is 3.32. The standard InChI is InChI=1S/C15H14F3NO3S/c1-10-3-4-11(2)14(9-10)23(20,21)19-12-5-7-13(8-6-12)22-15(16,17)18/h3-9,19H,1-2H3.